The van der Waals surface area contributed by atoms with Crippen LogP contribution in [0, 0.1) is 19.8 Å². The van der Waals surface area contributed by atoms with Gasteiger partial charge in [0, 0.05) is 28.3 Å². The van der Waals surface area contributed by atoms with Gasteiger partial charge < -0.3 is 11.7 Å². The monoisotopic (exact) mass is 358 g/mol. The van der Waals surface area contributed by atoms with E-state index in [4.69, 9.17) is 11.7 Å². The quantitative estimate of drug-likeness (QED) is 0.495. The minimum Gasteiger partial charge on any atom is -0.323 e. The summed E-state index contributed by atoms with van der Waals surface area (Å²) >= 11 is 0. The third-order valence-corrected chi connectivity index (χ3v) is 5.33. The molecule has 1 unspecified atom stereocenters. The third-order valence-electron chi connectivity index (χ3n) is 5.33. The number of nitrogens with one attached hydrogen (secondary N) is 1. The van der Waals surface area contributed by atoms with Crippen molar-refractivity contribution in [2.24, 2.45) is 27.8 Å². The van der Waals surface area contributed by atoms with Crippen molar-refractivity contribution in [3.63, 3.8) is 0 Å². The number of aromatic amines is 1. The van der Waals surface area contributed by atoms with E-state index in [2.05, 4.69) is 32.5 Å². The summed E-state index contributed by atoms with van der Waals surface area (Å²) in [5.74, 6) is 11.5. The van der Waals surface area contributed by atoms with Crippen LogP contribution in [-0.2, 0) is 0 Å². The molecule has 4 rings (SSSR count). The van der Waals surface area contributed by atoms with E-state index in [0.717, 1.165) is 45.1 Å². The van der Waals surface area contributed by atoms with E-state index >= 15 is 0 Å². The second-order valence-electron chi connectivity index (χ2n) is 6.79. The predicted molar refractivity (Wildman–Crippen MR) is 108 cm³/mol. The molecule has 0 amide bonds. The van der Waals surface area contributed by atoms with Crippen LogP contribution in [0.1, 0.15) is 39.6 Å². The number of aromatic nitrogens is 2. The Morgan fingerprint density at radius 3 is 1.93 bits per heavy atom. The molecule has 1 aliphatic rings. The van der Waals surface area contributed by atoms with Gasteiger partial charge in [-0.15, -0.1) is 0 Å². The van der Waals surface area contributed by atoms with Crippen molar-refractivity contribution in [2.75, 3.05) is 0 Å². The van der Waals surface area contributed by atoms with Crippen LogP contribution in [0.2, 0.25) is 0 Å². The van der Waals surface area contributed by atoms with Gasteiger partial charge >= 0.3 is 0 Å². The highest BCUT2D eigenvalue weighted by atomic mass is 15.2. The number of H-pyrrole nitrogens is 1. The molecule has 0 aliphatic heterocycles. The average molecular weight is 358 g/mol. The van der Waals surface area contributed by atoms with Gasteiger partial charge in [0.2, 0.25) is 0 Å². The molecule has 6 heteroatoms. The van der Waals surface area contributed by atoms with E-state index in [1.807, 2.05) is 56.3 Å². The second kappa shape index (κ2) is 6.72. The van der Waals surface area contributed by atoms with Crippen molar-refractivity contribution in [1.29, 1.82) is 0 Å². The fourth-order valence-electron chi connectivity index (χ4n) is 4.21. The lowest BCUT2D eigenvalue weighted by molar-refractivity contribution is 0.744. The zero-order valence-electron chi connectivity index (χ0n) is 15.3. The molecule has 136 valence electrons. The molecule has 5 N–H and O–H groups in total. The van der Waals surface area contributed by atoms with Gasteiger partial charge in [0.1, 0.15) is 0 Å². The lowest BCUT2D eigenvalue weighted by Gasteiger charge is -2.26. The van der Waals surface area contributed by atoms with Gasteiger partial charge in [0.15, 0.2) is 0 Å². The fraction of sp³-hybridized carbons (Fsp3) is 0.190. The average Bonchev–Trinajstić information content (AvgIpc) is 3.20. The maximum absolute atomic E-state index is 5.87. The topological polar surface area (TPSA) is 105 Å². The molecule has 1 aromatic heterocycles. The van der Waals surface area contributed by atoms with E-state index in [1.54, 1.807) is 0 Å². The van der Waals surface area contributed by atoms with E-state index < -0.39 is 0 Å². The van der Waals surface area contributed by atoms with Crippen LogP contribution in [0.4, 0.5) is 0 Å². The van der Waals surface area contributed by atoms with Crippen LogP contribution < -0.4 is 11.7 Å². The summed E-state index contributed by atoms with van der Waals surface area (Å²) in [5.41, 5.74) is 7.79. The van der Waals surface area contributed by atoms with Gasteiger partial charge in [-0.1, -0.05) is 54.6 Å². The lowest BCUT2D eigenvalue weighted by Crippen LogP contribution is -2.28. The summed E-state index contributed by atoms with van der Waals surface area (Å²) in [4.78, 5) is 0. The lowest BCUT2D eigenvalue weighted by atomic mass is 9.76. The van der Waals surface area contributed by atoms with Gasteiger partial charge in [-0.2, -0.15) is 15.3 Å². The standard InChI is InChI=1S/C21H22N6/c1-12-17(13(2)27-26-12)18(14-8-4-3-5-9-14)19-20(24-22)15-10-6-7-11-16(15)21(19)25-23/h3-11,18-19H,22-23H2,1-2H3,(H,26,27). The molecule has 1 atom stereocenters. The largest absolute Gasteiger partial charge is 0.323 e. The normalized spacial score (nSPS) is 20.1. The molecule has 0 saturated carbocycles. The molecule has 0 bridgehead atoms. The Morgan fingerprint density at radius 2 is 1.44 bits per heavy atom. The zero-order chi connectivity index (χ0) is 19.0. The van der Waals surface area contributed by atoms with Crippen LogP contribution in [0.25, 0.3) is 0 Å². The molecule has 6 nitrogen and oxygen atoms in total. The Balaban J connectivity index is 1.99. The summed E-state index contributed by atoms with van der Waals surface area (Å²) in [6.07, 6.45) is 0. The first kappa shape index (κ1) is 17.0. The summed E-state index contributed by atoms with van der Waals surface area (Å²) < 4.78 is 0. The molecule has 27 heavy (non-hydrogen) atoms. The summed E-state index contributed by atoms with van der Waals surface area (Å²) in [5, 5.41) is 15.9. The van der Waals surface area contributed by atoms with Crippen LogP contribution in [0.5, 0.6) is 0 Å². The van der Waals surface area contributed by atoms with Crippen molar-refractivity contribution in [2.45, 2.75) is 19.8 Å². The molecule has 1 heterocycles. The minimum atomic E-state index is -0.185. The summed E-state index contributed by atoms with van der Waals surface area (Å²) in [6.45, 7) is 4.04. The molecular formula is C21H22N6. The van der Waals surface area contributed by atoms with Gasteiger partial charge in [-0.05, 0) is 19.4 Å². The minimum absolute atomic E-state index is 0.0537. The Kier molecular flexibility index (Phi) is 4.24. The number of nitrogens with zero attached hydrogens (tertiary/aromatic N) is 3. The van der Waals surface area contributed by atoms with Gasteiger partial charge in [0.05, 0.1) is 23.0 Å². The second-order valence-corrected chi connectivity index (χ2v) is 6.79. The van der Waals surface area contributed by atoms with E-state index in [1.165, 1.54) is 0 Å². The number of hydrogen-bond acceptors (Lipinski definition) is 5. The first-order valence-corrected chi connectivity index (χ1v) is 8.89. The molecule has 3 aromatic rings. The molecule has 2 aromatic carbocycles. The van der Waals surface area contributed by atoms with Crippen molar-refractivity contribution >= 4 is 11.4 Å². The van der Waals surface area contributed by atoms with E-state index in [0.29, 0.717) is 0 Å². The van der Waals surface area contributed by atoms with Crippen LogP contribution >= 0.6 is 0 Å². The summed E-state index contributed by atoms with van der Waals surface area (Å²) in [7, 11) is 0. The number of hydrogen-bond donors (Lipinski definition) is 3. The van der Waals surface area contributed by atoms with Crippen LogP contribution in [0.3, 0.4) is 0 Å². The number of nitrogens with two attached hydrogens (primary N) is 2. The molecular weight excluding hydrogens is 336 g/mol. The highest BCUT2D eigenvalue weighted by molar-refractivity contribution is 6.30. The van der Waals surface area contributed by atoms with E-state index in [9.17, 15) is 0 Å². The fourth-order valence-corrected chi connectivity index (χ4v) is 4.21. The molecule has 0 radical (unpaired) electrons. The molecule has 0 saturated heterocycles. The van der Waals surface area contributed by atoms with Crippen LogP contribution in [0.15, 0.2) is 64.8 Å². The smallest absolute Gasteiger partial charge is 0.0780 e. The maximum atomic E-state index is 5.87. The van der Waals surface area contributed by atoms with Crippen molar-refractivity contribution in [3.05, 3.63) is 88.2 Å². The van der Waals surface area contributed by atoms with Crippen molar-refractivity contribution in [1.82, 2.24) is 10.2 Å². The number of rotatable bonds is 3. The predicted octanol–water partition coefficient (Wildman–Crippen LogP) is 2.81. The Morgan fingerprint density at radius 1 is 0.889 bits per heavy atom. The van der Waals surface area contributed by atoms with Crippen molar-refractivity contribution < 1.29 is 0 Å². The molecule has 1 aliphatic carbocycles. The highest BCUT2D eigenvalue weighted by Crippen LogP contribution is 2.42. The molecule has 0 fully saturated rings. The van der Waals surface area contributed by atoms with Gasteiger partial charge in [-0.25, -0.2) is 0 Å². The highest BCUT2D eigenvalue weighted by Gasteiger charge is 2.42. The molecule has 0 spiro atoms. The van der Waals surface area contributed by atoms with Gasteiger partial charge in [0.25, 0.3) is 0 Å². The Bertz CT molecular complexity index is 973. The number of aryl methyl sites for hydroxylation is 2. The Labute approximate surface area is 158 Å². The number of hydrazone groups is 2. The van der Waals surface area contributed by atoms with Gasteiger partial charge in [-0.3, -0.25) is 5.10 Å². The maximum Gasteiger partial charge on any atom is 0.0780 e. The number of fused-ring (bicyclic) bond motifs is 1. The first-order valence-electron chi connectivity index (χ1n) is 8.89. The first-order chi connectivity index (χ1) is 13.2. The van der Waals surface area contributed by atoms with Crippen LogP contribution in [-0.4, -0.2) is 21.6 Å². The SMILES string of the molecule is Cc1n[nH]c(C)c1C(c1ccccc1)C1C(=NN)c2ccccc2C1=NN. The van der Waals surface area contributed by atoms with E-state index in [-0.39, 0.29) is 11.8 Å². The summed E-state index contributed by atoms with van der Waals surface area (Å²) in [6, 6.07) is 18.3. The Hall–Kier alpha value is -3.41. The zero-order valence-corrected chi connectivity index (χ0v) is 15.3. The number of benzene rings is 2. The van der Waals surface area contributed by atoms with Crippen molar-refractivity contribution in [3.8, 4) is 0 Å². The third kappa shape index (κ3) is 2.61.